The Balaban J connectivity index is -0.00000243. The van der Waals surface area contributed by atoms with Crippen LogP contribution in [-0.4, -0.2) is 78.0 Å². The molecule has 0 radical (unpaired) electrons. The maximum atomic E-state index is 13.5. The molecule has 0 aromatic heterocycles. The molecule has 0 aromatic carbocycles. The standard InChI is InChI=1S/C14H21F9N3.3ClH.Ti/c1-25-7-4-9(12(15,16)17)24-6-3-10(13(18,19)20)26(2)8-5-11(25)14(21,22)23;;;;/h9,11,24H,3-8H2,1-2H3;3*1H;/q;;;;+3/p-3. The van der Waals surface area contributed by atoms with Gasteiger partial charge in [0.15, 0.2) is 0 Å². The molecule has 1 rings (SSSR count). The molecule has 0 saturated carbocycles. The van der Waals surface area contributed by atoms with E-state index in [0.717, 1.165) is 44.3 Å². The monoisotopic (exact) mass is 555 g/mol. The SMILES string of the molecule is CN1CCC(C(F)(F)F)NCC[C]([Ti+3])(C(F)(F)F)N(C)CCC1C(F)(F)F.[Cl-].[Cl-].[Cl-]. The minimum absolute atomic E-state index is 0. The Morgan fingerprint density at radius 3 is 1.73 bits per heavy atom. The molecule has 1 N–H and O–H groups in total. The van der Waals surface area contributed by atoms with E-state index in [2.05, 4.69) is 0 Å². The van der Waals surface area contributed by atoms with Crippen LogP contribution in [0.25, 0.3) is 0 Å². The molecule has 1 aliphatic rings. The smallest absolute Gasteiger partial charge is 1.00 e. The summed E-state index contributed by atoms with van der Waals surface area (Å²) in [5.41, 5.74) is 0. The van der Waals surface area contributed by atoms with Gasteiger partial charge >= 0.3 is 163 Å². The van der Waals surface area contributed by atoms with E-state index in [1.807, 2.05) is 5.32 Å². The van der Waals surface area contributed by atoms with Crippen molar-refractivity contribution in [3.8, 4) is 0 Å². The largest absolute Gasteiger partial charge is 1.00 e. The minimum atomic E-state index is -4.82. The quantitative estimate of drug-likeness (QED) is 0.237. The van der Waals surface area contributed by atoms with Crippen molar-refractivity contribution in [2.45, 2.75) is 53.7 Å². The van der Waals surface area contributed by atoms with Crippen LogP contribution in [0.4, 0.5) is 39.5 Å². The maximum absolute atomic E-state index is 13.5. The summed E-state index contributed by atoms with van der Waals surface area (Å²) in [6, 6.07) is -4.32. The molecule has 1 heterocycles. The molecule has 3 nitrogen and oxygen atoms in total. The third-order valence-electron chi connectivity index (χ3n) is 4.81. The second kappa shape index (κ2) is 12.9. The summed E-state index contributed by atoms with van der Waals surface area (Å²) in [5, 5.41) is 2.04. The van der Waals surface area contributed by atoms with Crippen molar-refractivity contribution in [3.05, 3.63) is 0 Å². The average Bonchev–Trinajstić information content (AvgIpc) is 2.45. The van der Waals surface area contributed by atoms with Crippen molar-refractivity contribution >= 4 is 0 Å². The van der Waals surface area contributed by atoms with Gasteiger partial charge in [-0.2, -0.15) is 0 Å². The third kappa shape index (κ3) is 9.37. The number of nitrogens with zero attached hydrogens (tertiary/aromatic N) is 2. The number of nitrogens with one attached hydrogen (secondary N) is 1. The zero-order valence-electron chi connectivity index (χ0n) is 15.8. The van der Waals surface area contributed by atoms with Crippen molar-refractivity contribution in [3.63, 3.8) is 0 Å². The van der Waals surface area contributed by atoms with Gasteiger partial charge in [-0.15, -0.1) is 0 Å². The predicted molar refractivity (Wildman–Crippen MR) is 75.6 cm³/mol. The molecule has 16 heteroatoms. The number of halogens is 12. The van der Waals surface area contributed by atoms with Crippen LogP contribution in [-0.2, 0) is 20.4 Å². The summed E-state index contributed by atoms with van der Waals surface area (Å²) in [6.45, 7) is -1.58. The second-order valence-corrected chi connectivity index (χ2v) is 7.98. The van der Waals surface area contributed by atoms with Crippen LogP contribution in [0.3, 0.4) is 0 Å². The Morgan fingerprint density at radius 2 is 1.33 bits per heavy atom. The van der Waals surface area contributed by atoms with Crippen molar-refractivity contribution in [2.24, 2.45) is 0 Å². The topological polar surface area (TPSA) is 18.5 Å². The maximum Gasteiger partial charge on any atom is -1.00 e. The predicted octanol–water partition coefficient (Wildman–Crippen LogP) is -5.70. The zero-order valence-corrected chi connectivity index (χ0v) is 19.7. The Morgan fingerprint density at radius 1 is 0.833 bits per heavy atom. The van der Waals surface area contributed by atoms with E-state index in [1.54, 1.807) is 0 Å². The molecule has 0 bridgehead atoms. The summed E-state index contributed by atoms with van der Waals surface area (Å²) in [5.74, 6) is 0. The molecule has 3 unspecified atom stereocenters. The van der Waals surface area contributed by atoms with Crippen LogP contribution in [0.5, 0.6) is 0 Å². The molecule has 30 heavy (non-hydrogen) atoms. The van der Waals surface area contributed by atoms with Gasteiger partial charge in [0.05, 0.1) is 0 Å². The summed E-state index contributed by atoms with van der Waals surface area (Å²) < 4.78 is 117. The molecule has 0 aliphatic carbocycles. The van der Waals surface area contributed by atoms with Gasteiger partial charge in [0, 0.05) is 0 Å². The first-order valence-electron chi connectivity index (χ1n) is 8.10. The van der Waals surface area contributed by atoms with Crippen LogP contribution in [0, 0.1) is 0 Å². The third-order valence-corrected chi connectivity index (χ3v) is 6.24. The van der Waals surface area contributed by atoms with Gasteiger partial charge in [-0.1, -0.05) is 0 Å². The van der Waals surface area contributed by atoms with Crippen molar-refractivity contribution in [1.82, 2.24) is 15.1 Å². The minimum Gasteiger partial charge on any atom is -1.00 e. The van der Waals surface area contributed by atoms with Crippen LogP contribution < -0.4 is 42.5 Å². The van der Waals surface area contributed by atoms with E-state index in [9.17, 15) is 39.5 Å². The molecule has 0 aromatic rings. The number of alkyl halides is 9. The first kappa shape index (κ1) is 35.4. The number of rotatable bonds is 0. The van der Waals surface area contributed by atoms with Gasteiger partial charge in [0.2, 0.25) is 0 Å². The summed E-state index contributed by atoms with van der Waals surface area (Å²) in [4.78, 5) is 1.46. The fourth-order valence-electron chi connectivity index (χ4n) is 2.99. The molecule has 0 spiro atoms. The molecular weight excluding hydrogens is 535 g/mol. The second-order valence-electron chi connectivity index (χ2n) is 6.69. The van der Waals surface area contributed by atoms with Crippen LogP contribution in [0.1, 0.15) is 19.3 Å². The fourth-order valence-corrected chi connectivity index (χ4v) is 3.36. The molecular formula is C14H21Cl3F9N3Ti. The van der Waals surface area contributed by atoms with E-state index < -0.39 is 73.4 Å². The van der Waals surface area contributed by atoms with Crippen LogP contribution >= 0.6 is 0 Å². The van der Waals surface area contributed by atoms with Crippen molar-refractivity contribution < 1.29 is 97.2 Å². The van der Waals surface area contributed by atoms with E-state index in [4.69, 9.17) is 0 Å². The van der Waals surface area contributed by atoms with E-state index >= 15 is 0 Å². The van der Waals surface area contributed by atoms with Gasteiger partial charge in [0.1, 0.15) is 0 Å². The fraction of sp³-hybridized carbons (Fsp3) is 1.00. The average molecular weight is 557 g/mol. The molecule has 3 atom stereocenters. The molecule has 1 saturated heterocycles. The first-order chi connectivity index (χ1) is 12.0. The van der Waals surface area contributed by atoms with Crippen LogP contribution in [0.2, 0.25) is 0 Å². The van der Waals surface area contributed by atoms with Crippen molar-refractivity contribution in [2.75, 3.05) is 33.7 Å². The van der Waals surface area contributed by atoms with Gasteiger partial charge in [-0.05, 0) is 0 Å². The summed E-state index contributed by atoms with van der Waals surface area (Å²) in [7, 11) is 2.06. The number of hydrogen-bond donors (Lipinski definition) is 1. The normalized spacial score (nSPS) is 28.8. The van der Waals surface area contributed by atoms with Crippen molar-refractivity contribution in [1.29, 1.82) is 0 Å². The number of hydrogen-bond acceptors (Lipinski definition) is 3. The summed E-state index contributed by atoms with van der Waals surface area (Å²) >= 11 is 0.787. The van der Waals surface area contributed by atoms with Gasteiger partial charge < -0.3 is 37.2 Å². The van der Waals surface area contributed by atoms with E-state index in [0.29, 0.717) is 0 Å². The van der Waals surface area contributed by atoms with Gasteiger partial charge in [-0.25, -0.2) is 0 Å². The van der Waals surface area contributed by atoms with Gasteiger partial charge in [-0.3, -0.25) is 0 Å². The molecule has 1 fully saturated rings. The molecule has 1 aliphatic heterocycles. The summed E-state index contributed by atoms with van der Waals surface area (Å²) in [6.07, 6.45) is -16.4. The Hall–Kier alpha value is 0.834. The Kier molecular flexibility index (Phi) is 15.2. The van der Waals surface area contributed by atoms with Gasteiger partial charge in [0.25, 0.3) is 0 Å². The first-order valence-corrected chi connectivity index (χ1v) is 8.88. The molecule has 0 amide bonds. The molecule has 180 valence electrons. The van der Waals surface area contributed by atoms with E-state index in [1.165, 1.54) is 0 Å². The zero-order chi connectivity index (χ0) is 21.3. The van der Waals surface area contributed by atoms with Crippen LogP contribution in [0.15, 0.2) is 0 Å². The Bertz CT molecular complexity index is 494. The van der Waals surface area contributed by atoms with E-state index in [-0.39, 0.29) is 37.2 Å². The Labute approximate surface area is 199 Å².